The van der Waals surface area contributed by atoms with Gasteiger partial charge in [-0.3, -0.25) is 9.59 Å². The van der Waals surface area contributed by atoms with E-state index in [-0.39, 0.29) is 24.2 Å². The number of fused-ring (bicyclic) bond motifs is 3. The number of benzene rings is 1. The van der Waals surface area contributed by atoms with E-state index in [4.69, 9.17) is 32.5 Å². The molecule has 1 atom stereocenters. The summed E-state index contributed by atoms with van der Waals surface area (Å²) in [4.78, 5) is 25.0. The summed E-state index contributed by atoms with van der Waals surface area (Å²) in [5, 5.41) is 21.3. The van der Waals surface area contributed by atoms with Gasteiger partial charge in [0, 0.05) is 17.7 Å². The fourth-order valence-electron chi connectivity index (χ4n) is 4.46. The van der Waals surface area contributed by atoms with E-state index in [0.717, 1.165) is 0 Å². The van der Waals surface area contributed by atoms with Crippen LogP contribution in [0, 0.1) is 6.92 Å². The number of rotatable bonds is 6. The molecule has 0 radical (unpaired) electrons. The summed E-state index contributed by atoms with van der Waals surface area (Å²) in [7, 11) is 0. The van der Waals surface area contributed by atoms with Crippen molar-refractivity contribution in [3.05, 3.63) is 45.8 Å². The van der Waals surface area contributed by atoms with Gasteiger partial charge >= 0.3 is 0 Å². The Morgan fingerprint density at radius 2 is 1.94 bits per heavy atom. The number of carbonyl (C=O) groups is 2. The first-order chi connectivity index (χ1) is 14.7. The fraction of sp³-hybridized carbons (Fsp3) is 0.476. The van der Waals surface area contributed by atoms with Crippen molar-refractivity contribution >= 4 is 35.0 Å². The molecule has 0 aliphatic heterocycles. The average Bonchev–Trinajstić information content (AvgIpc) is 3.17. The molecule has 3 aliphatic carbocycles. The van der Waals surface area contributed by atoms with E-state index in [9.17, 15) is 14.7 Å². The minimum atomic E-state index is -0.791. The lowest BCUT2D eigenvalue weighted by Gasteiger charge is -2.56. The molecule has 8 nitrogen and oxygen atoms in total. The largest absolute Gasteiger partial charge is 0.484 e. The van der Waals surface area contributed by atoms with Crippen LogP contribution < -0.4 is 15.4 Å². The van der Waals surface area contributed by atoms with Crippen LogP contribution in [0.15, 0.2) is 28.8 Å². The van der Waals surface area contributed by atoms with Gasteiger partial charge in [0.1, 0.15) is 5.75 Å². The predicted octanol–water partition coefficient (Wildman–Crippen LogP) is 3.03. The number of halogens is 2. The molecule has 5 rings (SSSR count). The molecule has 0 saturated heterocycles. The first-order valence-corrected chi connectivity index (χ1v) is 10.8. The minimum Gasteiger partial charge on any atom is -0.484 e. The Kier molecular flexibility index (Phi) is 5.89. The molecule has 2 aromatic rings. The maximum Gasteiger partial charge on any atom is 0.290 e. The fourth-order valence-corrected chi connectivity index (χ4v) is 4.75. The molecular weight excluding hydrogens is 445 g/mol. The van der Waals surface area contributed by atoms with Gasteiger partial charge in [-0.25, -0.2) is 0 Å². The molecule has 3 N–H and O–H groups in total. The summed E-state index contributed by atoms with van der Waals surface area (Å²) in [5.74, 6) is -0.0993. The summed E-state index contributed by atoms with van der Waals surface area (Å²) < 4.78 is 10.5. The number of aromatic nitrogens is 1. The molecule has 3 aliphatic rings. The maximum atomic E-state index is 12.5. The van der Waals surface area contributed by atoms with Gasteiger partial charge in [0.05, 0.1) is 27.4 Å². The number of nitrogens with one attached hydrogen (secondary N) is 2. The van der Waals surface area contributed by atoms with Gasteiger partial charge < -0.3 is 25.0 Å². The third kappa shape index (κ3) is 4.51. The number of carbonyl (C=O) groups excluding carboxylic acids is 2. The second kappa shape index (κ2) is 8.33. The molecule has 2 bridgehead atoms. The molecule has 0 unspecified atom stereocenters. The molecule has 166 valence electrons. The van der Waals surface area contributed by atoms with Crippen LogP contribution in [0.2, 0.25) is 10.0 Å². The molecule has 3 saturated carbocycles. The zero-order valence-electron chi connectivity index (χ0n) is 16.9. The van der Waals surface area contributed by atoms with Crippen molar-refractivity contribution in [3.8, 4) is 5.75 Å². The van der Waals surface area contributed by atoms with Gasteiger partial charge in [-0.1, -0.05) is 28.4 Å². The Bertz CT molecular complexity index is 1000. The van der Waals surface area contributed by atoms with Crippen LogP contribution in [0.4, 0.5) is 0 Å². The zero-order chi connectivity index (χ0) is 22.2. The number of aliphatic hydroxyl groups excluding tert-OH is 1. The molecule has 1 aromatic carbocycles. The Hall–Kier alpha value is -2.29. The van der Waals surface area contributed by atoms with Crippen LogP contribution in [-0.2, 0) is 4.79 Å². The number of amides is 2. The highest BCUT2D eigenvalue weighted by molar-refractivity contribution is 6.42. The number of aryl methyl sites for hydroxylation is 1. The number of hydrogen-bond donors (Lipinski definition) is 3. The highest BCUT2D eigenvalue weighted by Gasteiger charge is 2.55. The highest BCUT2D eigenvalue weighted by Crippen LogP contribution is 2.47. The Balaban J connectivity index is 1.34. The maximum absolute atomic E-state index is 12.5. The Morgan fingerprint density at radius 3 is 2.55 bits per heavy atom. The van der Waals surface area contributed by atoms with E-state index in [1.807, 2.05) is 0 Å². The lowest BCUT2D eigenvalue weighted by molar-refractivity contribution is -0.132. The van der Waals surface area contributed by atoms with Crippen molar-refractivity contribution < 1.29 is 24.0 Å². The third-order valence-electron chi connectivity index (χ3n) is 6.20. The summed E-state index contributed by atoms with van der Waals surface area (Å²) >= 11 is 11.8. The monoisotopic (exact) mass is 467 g/mol. The van der Waals surface area contributed by atoms with Crippen molar-refractivity contribution in [2.45, 2.75) is 56.2 Å². The summed E-state index contributed by atoms with van der Waals surface area (Å²) in [5.41, 5.74) is -0.632. The quantitative estimate of drug-likeness (QED) is 0.601. The average molecular weight is 468 g/mol. The van der Waals surface area contributed by atoms with Crippen molar-refractivity contribution in [1.29, 1.82) is 0 Å². The number of aliphatic hydroxyl groups is 1. The smallest absolute Gasteiger partial charge is 0.290 e. The van der Waals surface area contributed by atoms with Crippen LogP contribution in [-0.4, -0.2) is 45.9 Å². The molecule has 1 aromatic heterocycles. The summed E-state index contributed by atoms with van der Waals surface area (Å²) in [6.07, 6.45) is 1.92. The predicted molar refractivity (Wildman–Crippen MR) is 113 cm³/mol. The highest BCUT2D eigenvalue weighted by atomic mass is 35.5. The normalized spacial score (nSPS) is 27.0. The van der Waals surface area contributed by atoms with Crippen LogP contribution in [0.25, 0.3) is 0 Å². The van der Waals surface area contributed by atoms with E-state index in [1.165, 1.54) is 0 Å². The van der Waals surface area contributed by atoms with E-state index >= 15 is 0 Å². The van der Waals surface area contributed by atoms with E-state index in [0.29, 0.717) is 53.6 Å². The van der Waals surface area contributed by atoms with E-state index < -0.39 is 17.2 Å². The topological polar surface area (TPSA) is 114 Å². The molecular formula is C21H23Cl2N3O5. The molecule has 31 heavy (non-hydrogen) atoms. The molecule has 10 heteroatoms. The standard InChI is InChI=1S/C21H23Cl2N3O5/c1-12-8-16(31-26-12)19(29)25-20-4-6-21(7-5-20,17(27)10-20)24-18(28)11-30-13-2-3-14(22)15(23)9-13/h2-3,8-9,17,27H,4-7,10-11H2,1H3,(H,24,28)(H,25,29)/t17-,20?,21?/m0/s1. The van der Waals surface area contributed by atoms with Gasteiger partial charge in [0.15, 0.2) is 6.61 Å². The van der Waals surface area contributed by atoms with Gasteiger partial charge in [-0.2, -0.15) is 0 Å². The van der Waals surface area contributed by atoms with Crippen LogP contribution in [0.3, 0.4) is 0 Å². The van der Waals surface area contributed by atoms with Crippen LogP contribution in [0.5, 0.6) is 5.75 Å². The first kappa shape index (κ1) is 21.9. The van der Waals surface area contributed by atoms with Crippen LogP contribution >= 0.6 is 23.2 Å². The lowest BCUT2D eigenvalue weighted by atomic mass is 9.60. The van der Waals surface area contributed by atoms with E-state index in [2.05, 4.69) is 15.8 Å². The number of hydrogen-bond acceptors (Lipinski definition) is 6. The lowest BCUT2D eigenvalue weighted by Crippen LogP contribution is -2.70. The van der Waals surface area contributed by atoms with Crippen molar-refractivity contribution in [3.63, 3.8) is 0 Å². The zero-order valence-corrected chi connectivity index (χ0v) is 18.4. The number of nitrogens with zero attached hydrogens (tertiary/aromatic N) is 1. The van der Waals surface area contributed by atoms with Crippen molar-refractivity contribution in [2.24, 2.45) is 0 Å². The Morgan fingerprint density at radius 1 is 1.19 bits per heavy atom. The van der Waals surface area contributed by atoms with Gasteiger partial charge in [0.2, 0.25) is 5.76 Å². The SMILES string of the molecule is Cc1cc(C(=O)NC23CCC(NC(=O)COc4ccc(Cl)c(Cl)c4)(CC2)[C@@H](O)C3)on1. The van der Waals surface area contributed by atoms with Gasteiger partial charge in [-0.05, 0) is 51.2 Å². The molecule has 0 spiro atoms. The molecule has 2 amide bonds. The van der Waals surface area contributed by atoms with Gasteiger partial charge in [0.25, 0.3) is 11.8 Å². The second-order valence-electron chi connectivity index (χ2n) is 8.36. The summed E-state index contributed by atoms with van der Waals surface area (Å²) in [6, 6.07) is 6.34. The second-order valence-corrected chi connectivity index (χ2v) is 9.17. The number of ether oxygens (including phenoxy) is 1. The van der Waals surface area contributed by atoms with Crippen molar-refractivity contribution in [2.75, 3.05) is 6.61 Å². The van der Waals surface area contributed by atoms with Crippen LogP contribution in [0.1, 0.15) is 48.4 Å². The minimum absolute atomic E-state index is 0.150. The molecule has 1 heterocycles. The third-order valence-corrected chi connectivity index (χ3v) is 6.94. The summed E-state index contributed by atoms with van der Waals surface area (Å²) in [6.45, 7) is 1.53. The molecule has 3 fully saturated rings. The van der Waals surface area contributed by atoms with Gasteiger partial charge in [-0.15, -0.1) is 0 Å². The Labute approximate surface area is 189 Å². The van der Waals surface area contributed by atoms with Crippen molar-refractivity contribution in [1.82, 2.24) is 15.8 Å². The first-order valence-electron chi connectivity index (χ1n) is 10.0. The van der Waals surface area contributed by atoms with E-state index in [1.54, 1.807) is 31.2 Å².